The summed E-state index contributed by atoms with van der Waals surface area (Å²) in [6.45, 7) is 12.9. The molecule has 14 nitrogen and oxygen atoms in total. The number of carbonyl (C=O) groups is 4. The van der Waals surface area contributed by atoms with Crippen LogP contribution in [0.2, 0.25) is 0 Å². The number of carbonyl (C=O) groups excluding carboxylic acids is 4. The molecule has 53 heavy (non-hydrogen) atoms. The fraction of sp³-hybridized carbons (Fsp3) is 0.641. The predicted molar refractivity (Wildman–Crippen MR) is 188 cm³/mol. The number of esters is 2. The first-order valence-electron chi connectivity index (χ1n) is 18.0. The minimum Gasteiger partial charge on any atom is -0.456 e. The number of amides is 1. The van der Waals surface area contributed by atoms with E-state index in [1.54, 1.807) is 45.9 Å². The zero-order chi connectivity index (χ0) is 39.4. The molecular weight excluding hydrogens is 690 g/mol. The second-order valence-corrected chi connectivity index (χ2v) is 16.4. The van der Waals surface area contributed by atoms with E-state index in [-0.39, 0.29) is 42.3 Å². The number of hydrogen-bond acceptors (Lipinski definition) is 13. The number of alkyl carbamates (subject to hydrolysis) is 1. The molecule has 4 aliphatic rings. The summed E-state index contributed by atoms with van der Waals surface area (Å²) >= 11 is 0. The zero-order valence-corrected chi connectivity index (χ0v) is 31.5. The van der Waals surface area contributed by atoms with Crippen molar-refractivity contribution in [2.75, 3.05) is 13.2 Å². The molecule has 5 rings (SSSR count). The van der Waals surface area contributed by atoms with Gasteiger partial charge in [-0.3, -0.25) is 4.79 Å². The van der Waals surface area contributed by atoms with Gasteiger partial charge in [-0.05, 0) is 56.9 Å². The van der Waals surface area contributed by atoms with Crippen molar-refractivity contribution in [2.24, 2.45) is 22.7 Å². The number of allylic oxidation sites excluding steroid dienone is 1. The van der Waals surface area contributed by atoms with Crippen molar-refractivity contribution < 1.29 is 63.7 Å². The van der Waals surface area contributed by atoms with Gasteiger partial charge in [0.1, 0.15) is 29.5 Å². The van der Waals surface area contributed by atoms with E-state index in [0.29, 0.717) is 5.57 Å². The lowest BCUT2D eigenvalue weighted by Gasteiger charge is -2.66. The number of aliphatic hydroxyl groups excluding tert-OH is 3. The Bertz CT molecular complexity index is 1670. The normalized spacial score (nSPS) is 35.6. The van der Waals surface area contributed by atoms with E-state index >= 15 is 0 Å². The highest BCUT2D eigenvalue weighted by Gasteiger charge is 2.76. The summed E-state index contributed by atoms with van der Waals surface area (Å²) in [5.41, 5.74) is -6.81. The lowest BCUT2D eigenvalue weighted by atomic mass is 9.44. The first-order chi connectivity index (χ1) is 24.6. The molecule has 2 saturated carbocycles. The van der Waals surface area contributed by atoms with Crippen LogP contribution in [0, 0.1) is 22.7 Å². The largest absolute Gasteiger partial charge is 0.456 e. The smallest absolute Gasteiger partial charge is 0.407 e. The van der Waals surface area contributed by atoms with Crippen LogP contribution in [-0.2, 0) is 28.5 Å². The van der Waals surface area contributed by atoms with Crippen LogP contribution in [0.1, 0.15) is 78.6 Å². The molecular formula is C39H53NO13. The molecule has 3 aliphatic carbocycles. The maximum atomic E-state index is 14.6. The van der Waals surface area contributed by atoms with E-state index in [0.717, 1.165) is 0 Å². The van der Waals surface area contributed by atoms with Gasteiger partial charge in [-0.1, -0.05) is 57.5 Å². The maximum absolute atomic E-state index is 14.6. The van der Waals surface area contributed by atoms with Gasteiger partial charge in [0, 0.05) is 24.2 Å². The lowest BCUT2D eigenvalue weighted by Crippen LogP contribution is -2.81. The number of fused-ring (bicyclic) bond motifs is 5. The lowest BCUT2D eigenvalue weighted by molar-refractivity contribution is -0.343. The third-order valence-electron chi connectivity index (χ3n) is 11.8. The Labute approximate surface area is 309 Å². The standard InChI is InChI=1S/C39H53NO13/c1-19(2)14-23(40-35(47)50-17-20(3)4)28(42)34(46)52-24-16-39(49)32(53-33(45)22-12-10-9-11-13-22)30-37(8,25(41)15-26-38(30,48)18-51-26)31(44)29(43)27(21(24)5)36(39,6)7/h9-14,20,23-26,28-30,32,41-43,48-49H,15-18H2,1-8H3,(H,40,47)/t23-,24-,25-,26+,28+,29+,30-,32-,37+,38-,39+/m0/s1. The summed E-state index contributed by atoms with van der Waals surface area (Å²) in [6.07, 6.45) is -9.63. The fourth-order valence-electron chi connectivity index (χ4n) is 8.72. The van der Waals surface area contributed by atoms with Crippen molar-refractivity contribution in [1.82, 2.24) is 5.32 Å². The van der Waals surface area contributed by atoms with Gasteiger partial charge < -0.3 is 49.8 Å². The number of rotatable bonds is 9. The number of aliphatic hydroxyl groups is 5. The molecule has 292 valence electrons. The highest BCUT2D eigenvalue weighted by molar-refractivity contribution is 5.94. The quantitative estimate of drug-likeness (QED) is 0.122. The first-order valence-corrected chi connectivity index (χ1v) is 18.0. The van der Waals surface area contributed by atoms with E-state index < -0.39 is 101 Å². The van der Waals surface area contributed by atoms with Crippen LogP contribution in [0.25, 0.3) is 0 Å². The molecule has 1 saturated heterocycles. The van der Waals surface area contributed by atoms with Crippen molar-refractivity contribution in [3.63, 3.8) is 0 Å². The second kappa shape index (κ2) is 14.5. The molecule has 14 heteroatoms. The van der Waals surface area contributed by atoms with Crippen molar-refractivity contribution in [1.29, 1.82) is 0 Å². The maximum Gasteiger partial charge on any atom is 0.407 e. The molecule has 3 fully saturated rings. The van der Waals surface area contributed by atoms with Crippen molar-refractivity contribution in [3.8, 4) is 0 Å². The molecule has 11 atom stereocenters. The third-order valence-corrected chi connectivity index (χ3v) is 11.8. The number of ketones is 1. The number of nitrogens with one attached hydrogen (secondary N) is 1. The SMILES string of the molecule is CC(C)=C[C@H](NC(=O)OCC(C)C)[C@@H](O)C(=O)O[C@H]1C[C@@]2(O)[C@@H](OC(=O)c3ccccc3)[C@@H]3[C@]4(O)CO[C@@H]4C[C@H](O)[C@@]3(C)C(=O)[C@H](O)C(=C1C)C2(C)C. The minimum absolute atomic E-state index is 0.0267. The molecule has 2 bridgehead atoms. The average Bonchev–Trinajstić information content (AvgIpc) is 3.08. The van der Waals surface area contributed by atoms with E-state index in [9.17, 15) is 44.7 Å². The molecule has 1 amide bonds. The molecule has 6 N–H and O–H groups in total. The fourth-order valence-corrected chi connectivity index (χ4v) is 8.72. The summed E-state index contributed by atoms with van der Waals surface area (Å²) in [7, 11) is 0. The van der Waals surface area contributed by atoms with Crippen LogP contribution in [0.4, 0.5) is 4.79 Å². The van der Waals surface area contributed by atoms with E-state index in [1.165, 1.54) is 32.1 Å². The molecule has 0 radical (unpaired) electrons. The van der Waals surface area contributed by atoms with Gasteiger partial charge in [-0.25, -0.2) is 14.4 Å². The third kappa shape index (κ3) is 6.82. The second-order valence-electron chi connectivity index (χ2n) is 16.4. The van der Waals surface area contributed by atoms with Crippen LogP contribution in [0.3, 0.4) is 0 Å². The minimum atomic E-state index is -2.29. The molecule has 1 aliphatic heterocycles. The topological polar surface area (TPSA) is 218 Å². The van der Waals surface area contributed by atoms with E-state index in [1.807, 2.05) is 13.8 Å². The predicted octanol–water partition coefficient (Wildman–Crippen LogP) is 2.14. The molecule has 0 spiro atoms. The summed E-state index contributed by atoms with van der Waals surface area (Å²) in [6, 6.07) is 6.61. The average molecular weight is 744 g/mol. The van der Waals surface area contributed by atoms with E-state index in [2.05, 4.69) is 5.32 Å². The molecule has 1 aromatic rings. The molecule has 1 heterocycles. The van der Waals surface area contributed by atoms with Gasteiger partial charge in [-0.2, -0.15) is 0 Å². The van der Waals surface area contributed by atoms with Gasteiger partial charge >= 0.3 is 18.0 Å². The number of Topliss-reactive ketones (excluding diaryl/α,β-unsaturated/α-hetero) is 1. The van der Waals surface area contributed by atoms with Crippen LogP contribution >= 0.6 is 0 Å². The monoisotopic (exact) mass is 743 g/mol. The van der Waals surface area contributed by atoms with E-state index in [4.69, 9.17) is 18.9 Å². The van der Waals surface area contributed by atoms with Crippen LogP contribution in [0.15, 0.2) is 53.1 Å². The Hall–Kier alpha value is -3.66. The van der Waals surface area contributed by atoms with Gasteiger partial charge in [0.2, 0.25) is 0 Å². The first kappa shape index (κ1) is 40.5. The molecule has 0 aromatic heterocycles. The van der Waals surface area contributed by atoms with Gasteiger partial charge in [0.25, 0.3) is 0 Å². The summed E-state index contributed by atoms with van der Waals surface area (Å²) in [5, 5.41) is 62.6. The summed E-state index contributed by atoms with van der Waals surface area (Å²) < 4.78 is 22.9. The Morgan fingerprint density at radius 1 is 1.06 bits per heavy atom. The van der Waals surface area contributed by atoms with Crippen LogP contribution in [-0.4, -0.2) is 116 Å². The molecule has 1 aromatic carbocycles. The Kier molecular flexibility index (Phi) is 11.1. The number of benzene rings is 1. The Balaban J connectivity index is 1.61. The van der Waals surface area contributed by atoms with Gasteiger partial charge in [0.15, 0.2) is 11.9 Å². The van der Waals surface area contributed by atoms with Gasteiger partial charge in [0.05, 0.1) is 42.4 Å². The Morgan fingerprint density at radius 3 is 2.26 bits per heavy atom. The highest BCUT2D eigenvalue weighted by atomic mass is 16.6. The van der Waals surface area contributed by atoms with Crippen LogP contribution in [0.5, 0.6) is 0 Å². The Morgan fingerprint density at radius 2 is 1.70 bits per heavy atom. The summed E-state index contributed by atoms with van der Waals surface area (Å²) in [5.74, 6) is -4.48. The van der Waals surface area contributed by atoms with Crippen molar-refractivity contribution in [3.05, 3.63) is 58.7 Å². The molecule has 0 unspecified atom stereocenters. The zero-order valence-electron chi connectivity index (χ0n) is 31.5. The summed E-state index contributed by atoms with van der Waals surface area (Å²) in [4.78, 5) is 54.8. The van der Waals surface area contributed by atoms with Crippen molar-refractivity contribution >= 4 is 23.8 Å². The van der Waals surface area contributed by atoms with Gasteiger partial charge in [-0.15, -0.1) is 0 Å². The van der Waals surface area contributed by atoms with Crippen LogP contribution < -0.4 is 5.32 Å². The number of ether oxygens (including phenoxy) is 4. The number of hydrogen-bond donors (Lipinski definition) is 6. The highest BCUT2D eigenvalue weighted by Crippen LogP contribution is 2.63. The van der Waals surface area contributed by atoms with Crippen molar-refractivity contribution in [2.45, 2.75) is 122 Å².